The number of nitrogens with zero attached hydrogens (tertiary/aromatic N) is 2. The molecule has 7 heteroatoms. The molecule has 1 amide bonds. The molecule has 0 aliphatic heterocycles. The van der Waals surface area contributed by atoms with Crippen molar-refractivity contribution in [1.82, 2.24) is 5.32 Å². The molecule has 1 fully saturated rings. The molecule has 126 valence electrons. The van der Waals surface area contributed by atoms with Crippen LogP contribution in [0.3, 0.4) is 0 Å². The van der Waals surface area contributed by atoms with Gasteiger partial charge in [-0.05, 0) is 25.8 Å². The van der Waals surface area contributed by atoms with Gasteiger partial charge in [0.05, 0.1) is 16.2 Å². The average molecular weight is 320 g/mol. The summed E-state index contributed by atoms with van der Waals surface area (Å²) in [6, 6.07) is 3.45. The summed E-state index contributed by atoms with van der Waals surface area (Å²) >= 11 is 0. The average Bonchev–Trinajstić information content (AvgIpc) is 3.07. The predicted octanol–water partition coefficient (Wildman–Crippen LogP) is 2.77. The van der Waals surface area contributed by atoms with Crippen LogP contribution in [0, 0.1) is 10.1 Å². The fraction of sp³-hybridized carbons (Fsp3) is 0.562. The van der Waals surface area contributed by atoms with E-state index in [1.54, 1.807) is 13.1 Å². The van der Waals surface area contributed by atoms with Crippen LogP contribution < -0.4 is 15.5 Å². The number of hydrogen-bond acceptors (Lipinski definition) is 5. The quantitative estimate of drug-likeness (QED) is 0.621. The SMILES string of the molecule is CCNC(=O)c1cc([N+](=O)[O-])c(NC)cc1N(C)C1CCCC1. The molecule has 2 N–H and O–H groups in total. The zero-order valence-corrected chi connectivity index (χ0v) is 13.9. The minimum absolute atomic E-state index is 0.0858. The van der Waals surface area contributed by atoms with Gasteiger partial charge >= 0.3 is 0 Å². The van der Waals surface area contributed by atoms with E-state index in [1.807, 2.05) is 14.0 Å². The molecule has 0 saturated heterocycles. The van der Waals surface area contributed by atoms with Crippen molar-refractivity contribution in [2.75, 3.05) is 30.9 Å². The van der Waals surface area contributed by atoms with Crippen molar-refractivity contribution >= 4 is 23.0 Å². The zero-order chi connectivity index (χ0) is 17.0. The first-order valence-corrected chi connectivity index (χ1v) is 8.00. The lowest BCUT2D eigenvalue weighted by Crippen LogP contribution is -2.32. The van der Waals surface area contributed by atoms with Gasteiger partial charge in [-0.1, -0.05) is 12.8 Å². The van der Waals surface area contributed by atoms with Crippen LogP contribution in [0.4, 0.5) is 17.1 Å². The monoisotopic (exact) mass is 320 g/mol. The maximum Gasteiger partial charge on any atom is 0.293 e. The number of nitrogens with one attached hydrogen (secondary N) is 2. The summed E-state index contributed by atoms with van der Waals surface area (Å²) in [5, 5.41) is 16.9. The first kappa shape index (κ1) is 17.1. The second-order valence-corrected chi connectivity index (χ2v) is 5.80. The van der Waals surface area contributed by atoms with Gasteiger partial charge in [-0.25, -0.2) is 0 Å². The third-order valence-corrected chi connectivity index (χ3v) is 4.41. The molecule has 0 atom stereocenters. The summed E-state index contributed by atoms with van der Waals surface area (Å²) < 4.78 is 0. The maximum atomic E-state index is 12.4. The summed E-state index contributed by atoms with van der Waals surface area (Å²) in [6.45, 7) is 2.31. The molecule has 0 aromatic heterocycles. The molecule has 0 unspecified atom stereocenters. The molecule has 0 radical (unpaired) electrons. The third-order valence-electron chi connectivity index (χ3n) is 4.41. The van der Waals surface area contributed by atoms with Gasteiger partial charge in [0.25, 0.3) is 11.6 Å². The van der Waals surface area contributed by atoms with E-state index >= 15 is 0 Å². The normalized spacial score (nSPS) is 14.6. The Bertz CT molecular complexity index is 597. The van der Waals surface area contributed by atoms with Crippen LogP contribution in [0.2, 0.25) is 0 Å². The van der Waals surface area contributed by atoms with Crippen molar-refractivity contribution in [1.29, 1.82) is 0 Å². The topological polar surface area (TPSA) is 87.5 Å². The van der Waals surface area contributed by atoms with E-state index in [0.29, 0.717) is 23.8 Å². The number of nitro benzene ring substituents is 1. The largest absolute Gasteiger partial charge is 0.383 e. The maximum absolute atomic E-state index is 12.4. The van der Waals surface area contributed by atoms with Crippen LogP contribution >= 0.6 is 0 Å². The molecular formula is C16H24N4O3. The number of anilines is 2. The van der Waals surface area contributed by atoms with Crippen molar-refractivity contribution in [3.05, 3.63) is 27.8 Å². The molecule has 1 aromatic rings. The van der Waals surface area contributed by atoms with Crippen LogP contribution in [0.1, 0.15) is 43.0 Å². The Morgan fingerprint density at radius 3 is 2.57 bits per heavy atom. The lowest BCUT2D eigenvalue weighted by molar-refractivity contribution is -0.383. The molecule has 1 saturated carbocycles. The van der Waals surface area contributed by atoms with Gasteiger partial charge in [0.2, 0.25) is 0 Å². The summed E-state index contributed by atoms with van der Waals surface area (Å²) in [4.78, 5) is 25.3. The van der Waals surface area contributed by atoms with Crippen molar-refractivity contribution in [2.45, 2.75) is 38.6 Å². The number of hydrogen-bond donors (Lipinski definition) is 2. The van der Waals surface area contributed by atoms with Crippen LogP contribution in [0.5, 0.6) is 0 Å². The van der Waals surface area contributed by atoms with Gasteiger partial charge < -0.3 is 15.5 Å². The van der Waals surface area contributed by atoms with Crippen LogP contribution in [-0.2, 0) is 0 Å². The Morgan fingerprint density at radius 1 is 1.39 bits per heavy atom. The Hall–Kier alpha value is -2.31. The van der Waals surface area contributed by atoms with Crippen molar-refractivity contribution < 1.29 is 9.72 Å². The first-order chi connectivity index (χ1) is 11.0. The highest BCUT2D eigenvalue weighted by Crippen LogP contribution is 2.36. The number of amides is 1. The van der Waals surface area contributed by atoms with Crippen molar-refractivity contribution in [3.8, 4) is 0 Å². The molecular weight excluding hydrogens is 296 g/mol. The highest BCUT2D eigenvalue weighted by Gasteiger charge is 2.27. The van der Waals surface area contributed by atoms with E-state index in [-0.39, 0.29) is 11.6 Å². The molecule has 0 heterocycles. The summed E-state index contributed by atoms with van der Waals surface area (Å²) in [5.41, 5.74) is 1.42. The fourth-order valence-electron chi connectivity index (χ4n) is 3.15. The highest BCUT2D eigenvalue weighted by molar-refractivity contribution is 6.01. The van der Waals surface area contributed by atoms with Crippen LogP contribution in [0.25, 0.3) is 0 Å². The lowest BCUT2D eigenvalue weighted by atomic mass is 10.1. The number of carbonyl (C=O) groups excluding carboxylic acids is 1. The fourth-order valence-corrected chi connectivity index (χ4v) is 3.15. The first-order valence-electron chi connectivity index (χ1n) is 8.00. The molecule has 1 aromatic carbocycles. The molecule has 0 spiro atoms. The van der Waals surface area contributed by atoms with E-state index in [4.69, 9.17) is 0 Å². The van der Waals surface area contributed by atoms with Gasteiger partial charge in [0, 0.05) is 32.7 Å². The third kappa shape index (κ3) is 3.55. The van der Waals surface area contributed by atoms with E-state index in [1.165, 1.54) is 18.9 Å². The van der Waals surface area contributed by atoms with Gasteiger partial charge in [-0.3, -0.25) is 14.9 Å². The minimum atomic E-state index is -0.464. The van der Waals surface area contributed by atoms with Crippen LogP contribution in [0.15, 0.2) is 12.1 Å². The Balaban J connectivity index is 2.52. The number of carbonyl (C=O) groups is 1. The van der Waals surface area contributed by atoms with Gasteiger partial charge in [0.1, 0.15) is 5.69 Å². The smallest absolute Gasteiger partial charge is 0.293 e. The van der Waals surface area contributed by atoms with E-state index < -0.39 is 4.92 Å². The lowest BCUT2D eigenvalue weighted by Gasteiger charge is -2.28. The number of nitro groups is 1. The van der Waals surface area contributed by atoms with E-state index in [9.17, 15) is 14.9 Å². The zero-order valence-electron chi connectivity index (χ0n) is 13.9. The van der Waals surface area contributed by atoms with Gasteiger partial charge in [-0.2, -0.15) is 0 Å². The van der Waals surface area contributed by atoms with Crippen LogP contribution in [-0.4, -0.2) is 37.5 Å². The number of rotatable bonds is 6. The molecule has 2 rings (SSSR count). The Kier molecular flexibility index (Phi) is 5.41. The standard InChI is InChI=1S/C16H24N4O3/c1-4-18-16(21)12-9-15(20(22)23)13(17-2)10-14(12)19(3)11-7-5-6-8-11/h9-11,17H,4-8H2,1-3H3,(H,18,21). The molecule has 0 bridgehead atoms. The molecule has 7 nitrogen and oxygen atoms in total. The van der Waals surface area contributed by atoms with Crippen molar-refractivity contribution in [3.63, 3.8) is 0 Å². The van der Waals surface area contributed by atoms with Gasteiger partial charge in [0.15, 0.2) is 0 Å². The highest BCUT2D eigenvalue weighted by atomic mass is 16.6. The van der Waals surface area contributed by atoms with E-state index in [2.05, 4.69) is 15.5 Å². The second kappa shape index (κ2) is 7.30. The Morgan fingerprint density at radius 2 is 2.04 bits per heavy atom. The number of benzene rings is 1. The molecule has 23 heavy (non-hydrogen) atoms. The Labute approximate surface area is 136 Å². The van der Waals surface area contributed by atoms with Gasteiger partial charge in [-0.15, -0.1) is 0 Å². The second-order valence-electron chi connectivity index (χ2n) is 5.80. The summed E-state index contributed by atoms with van der Waals surface area (Å²) in [7, 11) is 3.60. The summed E-state index contributed by atoms with van der Waals surface area (Å²) in [5.74, 6) is -0.280. The van der Waals surface area contributed by atoms with E-state index in [0.717, 1.165) is 18.5 Å². The predicted molar refractivity (Wildman–Crippen MR) is 91.3 cm³/mol. The minimum Gasteiger partial charge on any atom is -0.383 e. The molecule has 1 aliphatic carbocycles. The van der Waals surface area contributed by atoms with Crippen molar-refractivity contribution in [2.24, 2.45) is 0 Å². The summed E-state index contributed by atoms with van der Waals surface area (Å²) in [6.07, 6.45) is 4.52. The molecule has 1 aliphatic rings.